The SMILES string of the molecule is CC(=O)c1ccccc1NC(=O)COC(=O)c1ccc(NC(=O)CC#N)cc1. The van der Waals surface area contributed by atoms with Gasteiger partial charge >= 0.3 is 5.97 Å². The third-order valence-corrected chi connectivity index (χ3v) is 3.56. The molecular formula is C20H17N3O5. The molecule has 2 aromatic rings. The van der Waals surface area contributed by atoms with Crippen LogP contribution in [-0.4, -0.2) is 30.2 Å². The van der Waals surface area contributed by atoms with Crippen molar-refractivity contribution in [3.63, 3.8) is 0 Å². The third kappa shape index (κ3) is 5.78. The lowest BCUT2D eigenvalue weighted by Gasteiger charge is -2.10. The van der Waals surface area contributed by atoms with Gasteiger partial charge in [0.1, 0.15) is 6.42 Å². The molecule has 142 valence electrons. The first kappa shape index (κ1) is 20.3. The number of carbonyl (C=O) groups excluding carboxylic acids is 4. The standard InChI is InChI=1S/C20H17N3O5/c1-13(24)16-4-2-3-5-17(16)23-19(26)12-28-20(27)14-6-8-15(9-7-14)22-18(25)10-11-21/h2-9H,10,12H2,1H3,(H,22,25)(H,23,26). The molecule has 0 unspecified atom stereocenters. The number of hydrogen-bond acceptors (Lipinski definition) is 6. The van der Waals surface area contributed by atoms with Gasteiger partial charge in [0.05, 0.1) is 17.3 Å². The summed E-state index contributed by atoms with van der Waals surface area (Å²) in [5, 5.41) is 13.5. The first-order valence-electron chi connectivity index (χ1n) is 8.24. The minimum Gasteiger partial charge on any atom is -0.452 e. The summed E-state index contributed by atoms with van der Waals surface area (Å²) in [6.45, 7) is 0.864. The molecular weight excluding hydrogens is 362 g/mol. The van der Waals surface area contributed by atoms with Crippen LogP contribution in [0.3, 0.4) is 0 Å². The van der Waals surface area contributed by atoms with Crippen LogP contribution in [0.4, 0.5) is 11.4 Å². The van der Waals surface area contributed by atoms with E-state index in [1.807, 2.05) is 0 Å². The normalized spacial score (nSPS) is 9.71. The molecule has 0 fully saturated rings. The van der Waals surface area contributed by atoms with Crippen molar-refractivity contribution in [2.45, 2.75) is 13.3 Å². The first-order valence-corrected chi connectivity index (χ1v) is 8.24. The fraction of sp³-hybridized carbons (Fsp3) is 0.150. The summed E-state index contributed by atoms with van der Waals surface area (Å²) >= 11 is 0. The van der Waals surface area contributed by atoms with Crippen molar-refractivity contribution >= 4 is 34.9 Å². The second-order valence-corrected chi connectivity index (χ2v) is 5.69. The van der Waals surface area contributed by atoms with Gasteiger partial charge in [0.25, 0.3) is 5.91 Å². The Morgan fingerprint density at radius 1 is 0.964 bits per heavy atom. The molecule has 2 amide bonds. The van der Waals surface area contributed by atoms with Gasteiger partial charge in [-0.1, -0.05) is 12.1 Å². The molecule has 28 heavy (non-hydrogen) atoms. The lowest BCUT2D eigenvalue weighted by Crippen LogP contribution is -2.22. The number of ether oxygens (including phenoxy) is 1. The van der Waals surface area contributed by atoms with Crippen molar-refractivity contribution in [3.8, 4) is 6.07 Å². The highest BCUT2D eigenvalue weighted by Gasteiger charge is 2.13. The van der Waals surface area contributed by atoms with Gasteiger partial charge < -0.3 is 15.4 Å². The minimum atomic E-state index is -0.718. The van der Waals surface area contributed by atoms with Gasteiger partial charge in [0.2, 0.25) is 5.91 Å². The minimum absolute atomic E-state index is 0.190. The summed E-state index contributed by atoms with van der Waals surface area (Å²) in [5.74, 6) is -1.96. The number of nitrogens with one attached hydrogen (secondary N) is 2. The van der Waals surface area contributed by atoms with E-state index in [0.717, 1.165) is 0 Å². The highest BCUT2D eigenvalue weighted by atomic mass is 16.5. The van der Waals surface area contributed by atoms with E-state index < -0.39 is 24.4 Å². The Bertz CT molecular complexity index is 945. The average Bonchev–Trinajstić information content (AvgIpc) is 2.67. The van der Waals surface area contributed by atoms with Gasteiger partial charge in [0, 0.05) is 11.3 Å². The van der Waals surface area contributed by atoms with Crippen molar-refractivity contribution in [2.24, 2.45) is 0 Å². The van der Waals surface area contributed by atoms with Crippen molar-refractivity contribution in [1.29, 1.82) is 5.26 Å². The second-order valence-electron chi connectivity index (χ2n) is 5.69. The Balaban J connectivity index is 1.90. The molecule has 2 aromatic carbocycles. The number of nitrogens with zero attached hydrogens (tertiary/aromatic N) is 1. The molecule has 0 atom stereocenters. The van der Waals surface area contributed by atoms with E-state index in [2.05, 4.69) is 10.6 Å². The average molecular weight is 379 g/mol. The number of benzene rings is 2. The monoisotopic (exact) mass is 379 g/mol. The maximum Gasteiger partial charge on any atom is 0.338 e. The summed E-state index contributed by atoms with van der Waals surface area (Å²) in [7, 11) is 0. The number of para-hydroxylation sites is 1. The van der Waals surface area contributed by atoms with Gasteiger partial charge in [-0.3, -0.25) is 14.4 Å². The predicted octanol–water partition coefficient (Wildman–Crippen LogP) is 2.54. The molecule has 0 aromatic heterocycles. The Labute approximate surface area is 161 Å². The summed E-state index contributed by atoms with van der Waals surface area (Å²) in [6, 6.07) is 14.1. The topological polar surface area (TPSA) is 125 Å². The van der Waals surface area contributed by atoms with E-state index in [9.17, 15) is 19.2 Å². The van der Waals surface area contributed by atoms with Crippen LogP contribution < -0.4 is 10.6 Å². The second kappa shape index (κ2) is 9.64. The van der Waals surface area contributed by atoms with Crippen LogP contribution in [-0.2, 0) is 14.3 Å². The molecule has 0 aliphatic heterocycles. The van der Waals surface area contributed by atoms with Gasteiger partial charge in [0.15, 0.2) is 12.4 Å². The number of rotatable bonds is 7. The Hall–Kier alpha value is -3.99. The quantitative estimate of drug-likeness (QED) is 0.562. The number of Topliss-reactive ketones (excluding diaryl/α,β-unsaturated/α-hetero) is 1. The zero-order valence-corrected chi connectivity index (χ0v) is 15.0. The van der Waals surface area contributed by atoms with Crippen LogP contribution >= 0.6 is 0 Å². The van der Waals surface area contributed by atoms with Crippen LogP contribution in [0.25, 0.3) is 0 Å². The van der Waals surface area contributed by atoms with Gasteiger partial charge in [-0.15, -0.1) is 0 Å². The number of esters is 1. The van der Waals surface area contributed by atoms with Crippen LogP contribution in [0.1, 0.15) is 34.1 Å². The van der Waals surface area contributed by atoms with E-state index in [1.54, 1.807) is 30.3 Å². The number of ketones is 1. The lowest BCUT2D eigenvalue weighted by atomic mass is 10.1. The summed E-state index contributed by atoms with van der Waals surface area (Å²) < 4.78 is 4.96. The largest absolute Gasteiger partial charge is 0.452 e. The molecule has 8 nitrogen and oxygen atoms in total. The predicted molar refractivity (Wildman–Crippen MR) is 101 cm³/mol. The van der Waals surface area contributed by atoms with Crippen molar-refractivity contribution in [1.82, 2.24) is 0 Å². The van der Waals surface area contributed by atoms with Crippen molar-refractivity contribution in [2.75, 3.05) is 17.2 Å². The van der Waals surface area contributed by atoms with Gasteiger partial charge in [-0.25, -0.2) is 4.79 Å². The van der Waals surface area contributed by atoms with Crippen LogP contribution in [0.15, 0.2) is 48.5 Å². The molecule has 0 saturated heterocycles. The zero-order valence-electron chi connectivity index (χ0n) is 15.0. The fourth-order valence-electron chi connectivity index (χ4n) is 2.27. The summed E-state index contributed by atoms with van der Waals surface area (Å²) in [4.78, 5) is 46.9. The number of carbonyl (C=O) groups is 4. The lowest BCUT2D eigenvalue weighted by molar-refractivity contribution is -0.119. The maximum absolute atomic E-state index is 12.0. The molecule has 0 radical (unpaired) electrons. The molecule has 8 heteroatoms. The Kier molecular flexibility index (Phi) is 6.99. The van der Waals surface area contributed by atoms with Gasteiger partial charge in [-0.2, -0.15) is 5.26 Å². The van der Waals surface area contributed by atoms with E-state index in [-0.39, 0.29) is 17.8 Å². The summed E-state index contributed by atoms with van der Waals surface area (Å²) in [5.41, 5.74) is 1.32. The number of nitriles is 1. The van der Waals surface area contributed by atoms with Crippen LogP contribution in [0.5, 0.6) is 0 Å². The van der Waals surface area contributed by atoms with Crippen LogP contribution in [0, 0.1) is 11.3 Å². The molecule has 2 rings (SSSR count). The van der Waals surface area contributed by atoms with Crippen molar-refractivity contribution in [3.05, 3.63) is 59.7 Å². The maximum atomic E-state index is 12.0. The Morgan fingerprint density at radius 3 is 2.29 bits per heavy atom. The van der Waals surface area contributed by atoms with E-state index >= 15 is 0 Å². The fourth-order valence-corrected chi connectivity index (χ4v) is 2.27. The van der Waals surface area contributed by atoms with Crippen molar-refractivity contribution < 1.29 is 23.9 Å². The molecule has 0 heterocycles. The highest BCUT2D eigenvalue weighted by molar-refractivity contribution is 6.04. The molecule has 0 bridgehead atoms. The Morgan fingerprint density at radius 2 is 1.64 bits per heavy atom. The third-order valence-electron chi connectivity index (χ3n) is 3.56. The van der Waals surface area contributed by atoms with Gasteiger partial charge in [-0.05, 0) is 43.3 Å². The van der Waals surface area contributed by atoms with E-state index in [1.165, 1.54) is 31.2 Å². The number of hydrogen-bond donors (Lipinski definition) is 2. The molecule has 0 saturated carbocycles. The molecule has 0 spiro atoms. The number of amides is 2. The zero-order chi connectivity index (χ0) is 20.5. The molecule has 0 aliphatic carbocycles. The van der Waals surface area contributed by atoms with E-state index in [4.69, 9.17) is 10.00 Å². The van der Waals surface area contributed by atoms with E-state index in [0.29, 0.717) is 16.9 Å². The van der Waals surface area contributed by atoms with Crippen LogP contribution in [0.2, 0.25) is 0 Å². The molecule has 0 aliphatic rings. The first-order chi connectivity index (χ1) is 13.4. The number of anilines is 2. The smallest absolute Gasteiger partial charge is 0.338 e. The highest BCUT2D eigenvalue weighted by Crippen LogP contribution is 2.15. The molecule has 2 N–H and O–H groups in total. The summed E-state index contributed by atoms with van der Waals surface area (Å²) in [6.07, 6.45) is -0.272.